The van der Waals surface area contributed by atoms with Crippen molar-refractivity contribution in [3.05, 3.63) is 31.2 Å². The second kappa shape index (κ2) is 10.4. The van der Waals surface area contributed by atoms with Crippen molar-refractivity contribution in [3.8, 4) is 0 Å². The molecule has 0 heterocycles. The molecule has 0 saturated carbocycles. The number of hydrogen-bond donors (Lipinski definition) is 0. The Balaban J connectivity index is 0. The van der Waals surface area contributed by atoms with Gasteiger partial charge in [0.25, 0.3) is 0 Å². The average molecular weight is 273 g/mol. The summed E-state index contributed by atoms with van der Waals surface area (Å²) in [6.45, 7) is 5.00. The van der Waals surface area contributed by atoms with Gasteiger partial charge in [0, 0.05) is 25.8 Å². The maximum atomic E-state index is 3.25. The number of allylic oxidation sites excluding steroid dienone is 4. The van der Waals surface area contributed by atoms with Crippen LogP contribution in [0.2, 0.25) is 0 Å². The van der Waals surface area contributed by atoms with E-state index in [1.807, 2.05) is 12.2 Å². The third kappa shape index (κ3) is 6.35. The summed E-state index contributed by atoms with van der Waals surface area (Å²) in [5, 5.41) is 0. The van der Waals surface area contributed by atoms with Crippen LogP contribution < -0.4 is 0 Å². The summed E-state index contributed by atoms with van der Waals surface area (Å²) in [7, 11) is 0. The minimum absolute atomic E-state index is 0. The maximum absolute atomic E-state index is 3.25. The first-order chi connectivity index (χ1) is 3.50. The topological polar surface area (TPSA) is 0 Å². The van der Waals surface area contributed by atoms with Crippen LogP contribution in [0.5, 0.6) is 0 Å². The van der Waals surface area contributed by atoms with E-state index >= 15 is 0 Å². The van der Waals surface area contributed by atoms with Gasteiger partial charge in [0.05, 0.1) is 0 Å². The Hall–Kier alpha value is 0.350. The van der Waals surface area contributed by atoms with Crippen LogP contribution in [0.15, 0.2) is 18.2 Å². The molecule has 0 aromatic rings. The van der Waals surface area contributed by atoms with E-state index in [1.54, 1.807) is 6.92 Å². The van der Waals surface area contributed by atoms with Crippen molar-refractivity contribution in [1.82, 2.24) is 0 Å². The van der Waals surface area contributed by atoms with Crippen LogP contribution in [0.1, 0.15) is 13.3 Å². The van der Waals surface area contributed by atoms with Crippen molar-refractivity contribution >= 4 is 0 Å². The van der Waals surface area contributed by atoms with Crippen LogP contribution in [-0.2, 0) is 25.8 Å². The molecule has 0 aliphatic heterocycles. The summed E-state index contributed by atoms with van der Waals surface area (Å²) >= 11 is 0. The van der Waals surface area contributed by atoms with Gasteiger partial charge in [0.15, 0.2) is 0 Å². The molecule has 8 heavy (non-hydrogen) atoms. The summed E-state index contributed by atoms with van der Waals surface area (Å²) in [4.78, 5) is 0. The Kier molecular flexibility index (Phi) is 14.5. The smallest absolute Gasteiger partial charge is 0 e. The van der Waals surface area contributed by atoms with Gasteiger partial charge >= 0.3 is 0 Å². The Morgan fingerprint density at radius 2 is 2.12 bits per heavy atom. The quantitative estimate of drug-likeness (QED) is 0.468. The van der Waals surface area contributed by atoms with Crippen LogP contribution in [-0.4, -0.2) is 0 Å². The summed E-state index contributed by atoms with van der Waals surface area (Å²) in [6, 6.07) is 0. The normalized spacial score (nSPS) is 11.8. The van der Waals surface area contributed by atoms with Gasteiger partial charge in [0.1, 0.15) is 0 Å². The van der Waals surface area contributed by atoms with E-state index in [4.69, 9.17) is 0 Å². The molecule has 0 N–H and O–H groups in total. The van der Waals surface area contributed by atoms with Gasteiger partial charge in [-0.15, -0.1) is 6.42 Å². The molecule has 0 bridgehead atoms. The molecule has 0 aromatic carbocycles. The van der Waals surface area contributed by atoms with Crippen molar-refractivity contribution in [3.63, 3.8) is 0 Å². The van der Waals surface area contributed by atoms with E-state index in [1.165, 1.54) is 0 Å². The molecule has 1 aliphatic carbocycles. The van der Waals surface area contributed by atoms with E-state index < -0.39 is 0 Å². The van der Waals surface area contributed by atoms with Gasteiger partial charge in [-0.05, 0) is 0 Å². The van der Waals surface area contributed by atoms with Crippen LogP contribution in [0.4, 0.5) is 0 Å². The van der Waals surface area contributed by atoms with Crippen LogP contribution in [0, 0.1) is 13.0 Å². The maximum Gasteiger partial charge on any atom is 0 e. The minimum Gasteiger partial charge on any atom is -0.346 e. The zero-order valence-corrected chi connectivity index (χ0v) is 8.74. The van der Waals surface area contributed by atoms with Crippen molar-refractivity contribution in [2.75, 3.05) is 0 Å². The van der Waals surface area contributed by atoms with Gasteiger partial charge < -0.3 is 6.92 Å². The van der Waals surface area contributed by atoms with E-state index in [0.29, 0.717) is 0 Å². The fraction of sp³-hybridized carbons (Fsp3) is 0.286. The third-order valence-electron chi connectivity index (χ3n) is 0.586. The molecule has 0 amide bonds. The summed E-state index contributed by atoms with van der Waals surface area (Å²) < 4.78 is 0. The SMILES string of the molecule is [C-]1=CC=CC1.[CH2-]C.[Hf]. The monoisotopic (exact) mass is 274 g/mol. The van der Waals surface area contributed by atoms with E-state index in [9.17, 15) is 0 Å². The molecule has 0 nitrogen and oxygen atoms in total. The molecule has 1 rings (SSSR count). The Morgan fingerprint density at radius 3 is 2.25 bits per heavy atom. The Labute approximate surface area is 70.5 Å². The van der Waals surface area contributed by atoms with Gasteiger partial charge in [-0.3, -0.25) is 6.08 Å². The van der Waals surface area contributed by atoms with Crippen LogP contribution in [0.25, 0.3) is 0 Å². The van der Waals surface area contributed by atoms with Crippen molar-refractivity contribution in [1.29, 1.82) is 0 Å². The second-order valence-electron chi connectivity index (χ2n) is 1.00. The van der Waals surface area contributed by atoms with Crippen molar-refractivity contribution < 1.29 is 25.8 Å². The molecular weight excluding hydrogens is 263 g/mol. The van der Waals surface area contributed by atoms with Gasteiger partial charge in [0.2, 0.25) is 0 Å². The second-order valence-corrected chi connectivity index (χ2v) is 1.00. The molecule has 0 saturated heterocycles. The molecule has 0 unspecified atom stereocenters. The Morgan fingerprint density at radius 1 is 1.50 bits per heavy atom. The molecule has 0 aromatic heterocycles. The first-order valence-corrected chi connectivity index (χ1v) is 2.42. The fourth-order valence-corrected chi connectivity index (χ4v) is 0.340. The van der Waals surface area contributed by atoms with Crippen LogP contribution >= 0.6 is 0 Å². The largest absolute Gasteiger partial charge is 0.346 e. The number of hydrogen-bond acceptors (Lipinski definition) is 0. The number of rotatable bonds is 0. The molecule has 0 fully saturated rings. The zero-order valence-electron chi connectivity index (χ0n) is 5.15. The molecule has 0 radical (unpaired) electrons. The molecule has 44 valence electrons. The summed E-state index contributed by atoms with van der Waals surface area (Å²) in [5.41, 5.74) is 0. The predicted octanol–water partition coefficient (Wildman–Crippen LogP) is 2.14. The molecule has 1 heteroatoms. The first-order valence-electron chi connectivity index (χ1n) is 2.42. The molecule has 0 spiro atoms. The van der Waals surface area contributed by atoms with Crippen molar-refractivity contribution in [2.24, 2.45) is 0 Å². The summed E-state index contributed by atoms with van der Waals surface area (Å²) in [6.07, 6.45) is 10.0. The fourth-order valence-electron chi connectivity index (χ4n) is 0.340. The van der Waals surface area contributed by atoms with Crippen molar-refractivity contribution in [2.45, 2.75) is 13.3 Å². The average Bonchev–Trinajstić information content (AvgIpc) is 2.23. The molecular formula is C7H10Hf-2. The van der Waals surface area contributed by atoms with E-state index in [0.717, 1.165) is 6.42 Å². The predicted molar refractivity (Wildman–Crippen MR) is 32.6 cm³/mol. The van der Waals surface area contributed by atoms with E-state index in [-0.39, 0.29) is 25.8 Å². The summed E-state index contributed by atoms with van der Waals surface area (Å²) in [5.74, 6) is 0. The first kappa shape index (κ1) is 11.2. The third-order valence-corrected chi connectivity index (χ3v) is 0.586. The molecule has 0 atom stereocenters. The minimum atomic E-state index is 0. The standard InChI is InChI=1S/C5H5.C2H5.Hf/c1-2-4-5-3-1;1-2;/h1-3H,4H2;1H2,2H3;/q2*-1;. The van der Waals surface area contributed by atoms with Gasteiger partial charge in [-0.2, -0.15) is 13.0 Å². The van der Waals surface area contributed by atoms with E-state index in [2.05, 4.69) is 19.1 Å². The van der Waals surface area contributed by atoms with Gasteiger partial charge in [-0.25, -0.2) is 12.2 Å². The Bertz CT molecular complexity index is 62.5. The van der Waals surface area contributed by atoms with Gasteiger partial charge in [-0.1, -0.05) is 0 Å². The zero-order chi connectivity index (χ0) is 5.54. The molecule has 1 aliphatic rings. The van der Waals surface area contributed by atoms with Crippen LogP contribution in [0.3, 0.4) is 0 Å².